The Hall–Kier alpha value is -2.35. The van der Waals surface area contributed by atoms with Gasteiger partial charge in [-0.3, -0.25) is 9.59 Å². The predicted molar refractivity (Wildman–Crippen MR) is 88.8 cm³/mol. The molecule has 0 aromatic heterocycles. The van der Waals surface area contributed by atoms with Gasteiger partial charge in [0.15, 0.2) is 11.1 Å². The molecule has 5 N–H and O–H groups in total. The molecule has 0 saturated heterocycles. The molecule has 1 heterocycles. The number of hydrogen-bond donors (Lipinski definition) is 3. The lowest BCUT2D eigenvalue weighted by Gasteiger charge is -2.10. The van der Waals surface area contributed by atoms with Crippen molar-refractivity contribution in [1.29, 1.82) is 0 Å². The first kappa shape index (κ1) is 16.0. The van der Waals surface area contributed by atoms with Gasteiger partial charge < -0.3 is 16.8 Å². The van der Waals surface area contributed by atoms with E-state index in [1.807, 2.05) is 32.0 Å². The number of amidine groups is 1. The summed E-state index contributed by atoms with van der Waals surface area (Å²) < 4.78 is 0. The maximum Gasteiger partial charge on any atom is 0.262 e. The molecule has 0 spiro atoms. The molecule has 1 aromatic carbocycles. The van der Waals surface area contributed by atoms with Crippen molar-refractivity contribution in [2.45, 2.75) is 25.5 Å². The number of thioether (sulfide) groups is 1. The van der Waals surface area contributed by atoms with Crippen molar-refractivity contribution in [2.24, 2.45) is 21.5 Å². The SMILES string of the molecule is Cc1ccc(NC(=O)C[C@@H]2SC(N=C(N)N)=NC2=O)c(C)c1. The molecule has 0 aliphatic carbocycles. The molecule has 1 aromatic rings. The van der Waals surface area contributed by atoms with Crippen LogP contribution in [0.5, 0.6) is 0 Å². The Labute approximate surface area is 132 Å². The Morgan fingerprint density at radius 3 is 2.77 bits per heavy atom. The summed E-state index contributed by atoms with van der Waals surface area (Å²) in [6, 6.07) is 5.73. The monoisotopic (exact) mass is 319 g/mol. The van der Waals surface area contributed by atoms with Crippen LogP contribution in [0.1, 0.15) is 17.5 Å². The first-order valence-corrected chi connectivity index (χ1v) is 7.49. The molecule has 7 nitrogen and oxygen atoms in total. The Morgan fingerprint density at radius 2 is 2.14 bits per heavy atom. The largest absolute Gasteiger partial charge is 0.370 e. The number of carbonyl (C=O) groups excluding carboxylic acids is 2. The molecular formula is C14H17N5O2S. The normalized spacial score (nSPS) is 17.1. The zero-order valence-corrected chi connectivity index (χ0v) is 13.1. The molecule has 8 heteroatoms. The first-order chi connectivity index (χ1) is 10.3. The van der Waals surface area contributed by atoms with Crippen LogP contribution in [0.3, 0.4) is 0 Å². The molecule has 2 amide bonds. The Balaban J connectivity index is 1.96. The Kier molecular flexibility index (Phi) is 4.81. The van der Waals surface area contributed by atoms with E-state index in [0.29, 0.717) is 0 Å². The summed E-state index contributed by atoms with van der Waals surface area (Å²) in [5, 5.41) is 2.40. The van der Waals surface area contributed by atoms with E-state index in [-0.39, 0.29) is 23.5 Å². The third-order valence-electron chi connectivity index (χ3n) is 2.98. The molecule has 0 saturated carbocycles. The average Bonchev–Trinajstić information content (AvgIpc) is 2.72. The van der Waals surface area contributed by atoms with Crippen LogP contribution >= 0.6 is 11.8 Å². The third-order valence-corrected chi connectivity index (χ3v) is 4.03. The first-order valence-electron chi connectivity index (χ1n) is 6.61. The summed E-state index contributed by atoms with van der Waals surface area (Å²) in [7, 11) is 0. The number of aliphatic imine (C=N–C) groups is 2. The molecule has 0 radical (unpaired) electrons. The minimum atomic E-state index is -0.594. The smallest absolute Gasteiger partial charge is 0.262 e. The average molecular weight is 319 g/mol. The zero-order valence-electron chi connectivity index (χ0n) is 12.3. The number of nitrogens with two attached hydrogens (primary N) is 2. The van der Waals surface area contributed by atoms with Crippen LogP contribution in [0.2, 0.25) is 0 Å². The van der Waals surface area contributed by atoms with Gasteiger partial charge >= 0.3 is 0 Å². The van der Waals surface area contributed by atoms with Gasteiger partial charge in [0.05, 0.1) is 0 Å². The molecule has 1 aliphatic rings. The number of hydrogen-bond acceptors (Lipinski definition) is 4. The zero-order chi connectivity index (χ0) is 16.3. The van der Waals surface area contributed by atoms with Crippen molar-refractivity contribution < 1.29 is 9.59 Å². The van der Waals surface area contributed by atoms with Crippen LogP contribution in [0.25, 0.3) is 0 Å². The lowest BCUT2D eigenvalue weighted by atomic mass is 10.1. The van der Waals surface area contributed by atoms with Crippen molar-refractivity contribution >= 4 is 40.4 Å². The number of nitrogens with zero attached hydrogens (tertiary/aromatic N) is 2. The molecule has 116 valence electrons. The Bertz CT molecular complexity index is 680. The summed E-state index contributed by atoms with van der Waals surface area (Å²) in [4.78, 5) is 31.2. The standard InChI is InChI=1S/C14H17N5O2S/c1-7-3-4-9(8(2)5-7)17-11(20)6-10-12(21)18-14(22-10)19-13(15)16/h3-5,10H,6H2,1-2H3,(H,17,20)(H4,15,16,18,19,21)/t10-/m0/s1. The third kappa shape index (κ3) is 4.08. The van der Waals surface area contributed by atoms with E-state index in [1.54, 1.807) is 0 Å². The fourth-order valence-electron chi connectivity index (χ4n) is 1.98. The maximum absolute atomic E-state index is 12.1. The number of aryl methyl sites for hydroxylation is 2. The van der Waals surface area contributed by atoms with Crippen LogP contribution in [-0.2, 0) is 9.59 Å². The van der Waals surface area contributed by atoms with Gasteiger partial charge in [0.2, 0.25) is 5.91 Å². The van der Waals surface area contributed by atoms with Crippen molar-refractivity contribution in [3.05, 3.63) is 29.3 Å². The van der Waals surface area contributed by atoms with E-state index >= 15 is 0 Å². The number of benzene rings is 1. The second kappa shape index (κ2) is 6.61. The second-order valence-corrected chi connectivity index (χ2v) is 6.12. The van der Waals surface area contributed by atoms with Crippen LogP contribution in [0.15, 0.2) is 28.2 Å². The highest BCUT2D eigenvalue weighted by Crippen LogP contribution is 2.26. The van der Waals surface area contributed by atoms with Gasteiger partial charge in [-0.2, -0.15) is 9.98 Å². The highest BCUT2D eigenvalue weighted by atomic mass is 32.2. The number of anilines is 1. The van der Waals surface area contributed by atoms with E-state index in [1.165, 1.54) is 0 Å². The van der Waals surface area contributed by atoms with Crippen molar-refractivity contribution in [1.82, 2.24) is 0 Å². The minimum Gasteiger partial charge on any atom is -0.370 e. The number of amides is 2. The number of guanidine groups is 1. The van der Waals surface area contributed by atoms with Crippen LogP contribution in [0, 0.1) is 13.8 Å². The van der Waals surface area contributed by atoms with E-state index < -0.39 is 11.2 Å². The molecule has 22 heavy (non-hydrogen) atoms. The van der Waals surface area contributed by atoms with Crippen molar-refractivity contribution in [2.75, 3.05) is 5.32 Å². The number of rotatable bonds is 3. The van der Waals surface area contributed by atoms with E-state index in [2.05, 4.69) is 15.3 Å². The van der Waals surface area contributed by atoms with E-state index in [0.717, 1.165) is 28.6 Å². The van der Waals surface area contributed by atoms with Gasteiger partial charge in [0.25, 0.3) is 5.91 Å². The second-order valence-electron chi connectivity index (χ2n) is 4.95. The van der Waals surface area contributed by atoms with E-state index in [9.17, 15) is 9.59 Å². The Morgan fingerprint density at radius 1 is 1.41 bits per heavy atom. The van der Waals surface area contributed by atoms with Gasteiger partial charge in [-0.25, -0.2) is 0 Å². The predicted octanol–water partition coefficient (Wildman–Crippen LogP) is 0.903. The minimum absolute atomic E-state index is 0.0177. The molecule has 0 unspecified atom stereocenters. The topological polar surface area (TPSA) is 123 Å². The fraction of sp³-hybridized carbons (Fsp3) is 0.286. The van der Waals surface area contributed by atoms with Crippen LogP contribution in [-0.4, -0.2) is 28.2 Å². The summed E-state index contributed by atoms with van der Waals surface area (Å²) in [6.45, 7) is 3.90. The highest BCUT2D eigenvalue weighted by Gasteiger charge is 2.30. The fourth-order valence-corrected chi connectivity index (χ4v) is 2.93. The van der Waals surface area contributed by atoms with Gasteiger partial charge in [0, 0.05) is 12.1 Å². The quantitative estimate of drug-likeness (QED) is 0.564. The summed E-state index contributed by atoms with van der Waals surface area (Å²) >= 11 is 1.08. The number of nitrogens with one attached hydrogen (secondary N) is 1. The molecule has 2 rings (SSSR count). The van der Waals surface area contributed by atoms with E-state index in [4.69, 9.17) is 11.5 Å². The highest BCUT2D eigenvalue weighted by molar-refractivity contribution is 8.15. The van der Waals surface area contributed by atoms with Gasteiger partial charge in [0.1, 0.15) is 5.25 Å². The summed E-state index contributed by atoms with van der Waals surface area (Å²) in [5.74, 6) is -0.820. The van der Waals surface area contributed by atoms with Crippen molar-refractivity contribution in [3.63, 3.8) is 0 Å². The summed E-state index contributed by atoms with van der Waals surface area (Å²) in [5.41, 5.74) is 13.3. The number of carbonyl (C=O) groups is 2. The summed E-state index contributed by atoms with van der Waals surface area (Å²) in [6.07, 6.45) is 0.0177. The maximum atomic E-state index is 12.1. The molecule has 0 bridgehead atoms. The van der Waals surface area contributed by atoms with Crippen LogP contribution < -0.4 is 16.8 Å². The molecule has 1 atom stereocenters. The molecule has 1 aliphatic heterocycles. The lowest BCUT2D eigenvalue weighted by molar-refractivity contribution is -0.121. The van der Waals surface area contributed by atoms with Gasteiger partial charge in [-0.1, -0.05) is 29.5 Å². The van der Waals surface area contributed by atoms with Crippen LogP contribution in [0.4, 0.5) is 5.69 Å². The van der Waals surface area contributed by atoms with Gasteiger partial charge in [-0.05, 0) is 25.5 Å². The molecule has 0 fully saturated rings. The van der Waals surface area contributed by atoms with Gasteiger partial charge in [-0.15, -0.1) is 0 Å². The lowest BCUT2D eigenvalue weighted by Crippen LogP contribution is -2.23. The molecular weight excluding hydrogens is 302 g/mol. The van der Waals surface area contributed by atoms with Crippen molar-refractivity contribution in [3.8, 4) is 0 Å².